The lowest BCUT2D eigenvalue weighted by molar-refractivity contribution is -0.120. The number of anilines is 2. The number of hydrogen-bond acceptors (Lipinski definition) is 4. The largest absolute Gasteiger partial charge is 0.493 e. The fourth-order valence-corrected chi connectivity index (χ4v) is 3.42. The molecule has 0 radical (unpaired) electrons. The van der Waals surface area contributed by atoms with E-state index in [4.69, 9.17) is 4.74 Å². The van der Waals surface area contributed by atoms with Crippen molar-refractivity contribution in [2.75, 3.05) is 16.8 Å². The van der Waals surface area contributed by atoms with Crippen LogP contribution in [0.1, 0.15) is 19.4 Å². The molecule has 0 aromatic heterocycles. The number of hydrogen-bond donors (Lipinski definition) is 1. The Balaban J connectivity index is 1.69. The van der Waals surface area contributed by atoms with Gasteiger partial charge in [-0.1, -0.05) is 50.2 Å². The van der Waals surface area contributed by atoms with Crippen LogP contribution in [0.2, 0.25) is 0 Å². The zero-order valence-corrected chi connectivity index (χ0v) is 17.8. The van der Waals surface area contributed by atoms with E-state index in [9.17, 15) is 14.0 Å². The lowest BCUT2D eigenvalue weighted by Gasteiger charge is -2.16. The molecule has 0 aliphatic carbocycles. The minimum Gasteiger partial charge on any atom is -0.493 e. The number of halogens is 1. The minimum atomic E-state index is -0.506. The Morgan fingerprint density at radius 2 is 1.62 bits per heavy atom. The summed E-state index contributed by atoms with van der Waals surface area (Å²) in [6.07, 6.45) is 0. The van der Waals surface area contributed by atoms with Gasteiger partial charge in [0, 0.05) is 5.69 Å². The van der Waals surface area contributed by atoms with Crippen LogP contribution >= 0.6 is 0 Å². The summed E-state index contributed by atoms with van der Waals surface area (Å²) in [6, 6.07) is 21.5. The molecule has 6 heteroatoms. The zero-order valence-electron chi connectivity index (χ0n) is 17.8. The van der Waals surface area contributed by atoms with Crippen LogP contribution in [0.15, 0.2) is 84.6 Å². The van der Waals surface area contributed by atoms with Gasteiger partial charge in [0.25, 0.3) is 11.8 Å². The third kappa shape index (κ3) is 4.39. The van der Waals surface area contributed by atoms with Crippen molar-refractivity contribution in [1.29, 1.82) is 0 Å². The average Bonchev–Trinajstić information content (AvgIpc) is 3.02. The maximum absolute atomic E-state index is 13.7. The van der Waals surface area contributed by atoms with Crippen molar-refractivity contribution in [3.8, 4) is 5.75 Å². The maximum atomic E-state index is 13.7. The van der Waals surface area contributed by atoms with E-state index in [-0.39, 0.29) is 11.3 Å². The number of carbonyl (C=O) groups excluding carboxylic acids is 2. The second-order valence-electron chi connectivity index (χ2n) is 7.90. The van der Waals surface area contributed by atoms with Crippen LogP contribution in [-0.4, -0.2) is 18.4 Å². The van der Waals surface area contributed by atoms with Crippen LogP contribution in [0, 0.1) is 11.7 Å². The molecule has 0 bridgehead atoms. The molecule has 0 saturated heterocycles. The van der Waals surface area contributed by atoms with Crippen molar-refractivity contribution in [3.05, 3.63) is 95.9 Å². The number of benzene rings is 3. The third-order valence-electron chi connectivity index (χ3n) is 4.92. The predicted molar refractivity (Wildman–Crippen MR) is 123 cm³/mol. The first-order valence-corrected chi connectivity index (χ1v) is 10.4. The van der Waals surface area contributed by atoms with Crippen molar-refractivity contribution in [2.45, 2.75) is 13.8 Å². The van der Waals surface area contributed by atoms with Gasteiger partial charge in [-0.2, -0.15) is 0 Å². The number of carbonyl (C=O) groups is 2. The second-order valence-corrected chi connectivity index (χ2v) is 7.90. The maximum Gasteiger partial charge on any atom is 0.282 e. The quantitative estimate of drug-likeness (QED) is 0.520. The summed E-state index contributed by atoms with van der Waals surface area (Å²) < 4.78 is 19.4. The molecule has 162 valence electrons. The highest BCUT2D eigenvalue weighted by Gasteiger charge is 2.40. The number of amides is 2. The molecule has 0 unspecified atom stereocenters. The SMILES string of the molecule is CC(C)COc1ccc(N2C(=O)C(Nc3cccc(F)c3)=C(c3ccccc3)C2=O)cc1. The first kappa shape index (κ1) is 21.3. The monoisotopic (exact) mass is 430 g/mol. The van der Waals surface area contributed by atoms with Crippen molar-refractivity contribution in [3.63, 3.8) is 0 Å². The number of nitrogens with one attached hydrogen (secondary N) is 1. The molecule has 32 heavy (non-hydrogen) atoms. The van der Waals surface area contributed by atoms with Crippen LogP contribution in [-0.2, 0) is 9.59 Å². The Morgan fingerprint density at radius 3 is 2.28 bits per heavy atom. The molecule has 1 N–H and O–H groups in total. The van der Waals surface area contributed by atoms with Gasteiger partial charge >= 0.3 is 0 Å². The van der Waals surface area contributed by atoms with Crippen molar-refractivity contribution < 1.29 is 18.7 Å². The molecule has 3 aromatic carbocycles. The van der Waals surface area contributed by atoms with Crippen molar-refractivity contribution in [1.82, 2.24) is 0 Å². The van der Waals surface area contributed by atoms with E-state index in [0.29, 0.717) is 35.2 Å². The van der Waals surface area contributed by atoms with Crippen molar-refractivity contribution in [2.24, 2.45) is 5.92 Å². The van der Waals surface area contributed by atoms with E-state index in [0.717, 1.165) is 4.90 Å². The first-order chi connectivity index (χ1) is 15.4. The molecule has 2 amide bonds. The summed E-state index contributed by atoms with van der Waals surface area (Å²) in [5, 5.41) is 2.96. The van der Waals surface area contributed by atoms with Gasteiger partial charge in [0.2, 0.25) is 0 Å². The Hall–Kier alpha value is -3.93. The molecular formula is C26H23FN2O3. The van der Waals surface area contributed by atoms with E-state index in [1.165, 1.54) is 18.2 Å². The smallest absolute Gasteiger partial charge is 0.282 e. The fraction of sp³-hybridized carbons (Fsp3) is 0.154. The fourth-order valence-electron chi connectivity index (χ4n) is 3.42. The molecular weight excluding hydrogens is 407 g/mol. The summed E-state index contributed by atoms with van der Waals surface area (Å²) in [5.74, 6) is -0.353. The lowest BCUT2D eigenvalue weighted by Crippen LogP contribution is -2.32. The summed E-state index contributed by atoms with van der Waals surface area (Å²) in [5.41, 5.74) is 1.76. The highest BCUT2D eigenvalue weighted by atomic mass is 19.1. The number of nitrogens with zero attached hydrogens (tertiary/aromatic N) is 1. The second kappa shape index (κ2) is 9.06. The molecule has 0 spiro atoms. The molecule has 4 rings (SSSR count). The molecule has 0 fully saturated rings. The zero-order chi connectivity index (χ0) is 22.7. The van der Waals surface area contributed by atoms with Gasteiger partial charge in [0.1, 0.15) is 17.3 Å². The highest BCUT2D eigenvalue weighted by molar-refractivity contribution is 6.46. The predicted octanol–water partition coefficient (Wildman–Crippen LogP) is 5.26. The van der Waals surface area contributed by atoms with Gasteiger partial charge in [-0.15, -0.1) is 0 Å². The van der Waals surface area contributed by atoms with Gasteiger partial charge in [-0.25, -0.2) is 9.29 Å². The van der Waals surface area contributed by atoms with E-state index < -0.39 is 17.6 Å². The number of rotatable bonds is 7. The van der Waals surface area contributed by atoms with Gasteiger partial charge in [0.05, 0.1) is 17.9 Å². The van der Waals surface area contributed by atoms with Gasteiger partial charge < -0.3 is 10.1 Å². The van der Waals surface area contributed by atoms with E-state index >= 15 is 0 Å². The average molecular weight is 430 g/mol. The van der Waals surface area contributed by atoms with Gasteiger partial charge in [-0.3, -0.25) is 9.59 Å². The Morgan fingerprint density at radius 1 is 0.906 bits per heavy atom. The standard InChI is InChI=1S/C26H23FN2O3/c1-17(2)16-32-22-13-11-21(12-14-22)29-25(30)23(18-7-4-3-5-8-18)24(26(29)31)28-20-10-6-9-19(27)15-20/h3-15,17,28H,16H2,1-2H3. The van der Waals surface area contributed by atoms with Crippen LogP contribution in [0.3, 0.4) is 0 Å². The Bertz CT molecular complexity index is 1170. The molecule has 1 aliphatic heterocycles. The van der Waals surface area contributed by atoms with E-state index in [1.54, 1.807) is 54.6 Å². The van der Waals surface area contributed by atoms with E-state index in [2.05, 4.69) is 19.2 Å². The third-order valence-corrected chi connectivity index (χ3v) is 4.92. The highest BCUT2D eigenvalue weighted by Crippen LogP contribution is 2.34. The number of ether oxygens (including phenoxy) is 1. The van der Waals surface area contributed by atoms with Gasteiger partial charge in [0.15, 0.2) is 0 Å². The molecule has 5 nitrogen and oxygen atoms in total. The summed E-state index contributed by atoms with van der Waals surface area (Å²) in [7, 11) is 0. The minimum absolute atomic E-state index is 0.104. The van der Waals surface area contributed by atoms with Crippen LogP contribution < -0.4 is 15.0 Å². The normalized spacial score (nSPS) is 13.8. The van der Waals surface area contributed by atoms with Crippen LogP contribution in [0.4, 0.5) is 15.8 Å². The molecule has 1 aliphatic rings. The summed E-state index contributed by atoms with van der Waals surface area (Å²) in [4.78, 5) is 27.9. The molecule has 0 saturated carbocycles. The van der Waals surface area contributed by atoms with E-state index in [1.807, 2.05) is 6.07 Å². The number of imide groups is 1. The topological polar surface area (TPSA) is 58.6 Å². The summed E-state index contributed by atoms with van der Waals surface area (Å²) >= 11 is 0. The summed E-state index contributed by atoms with van der Waals surface area (Å²) in [6.45, 7) is 4.68. The molecule has 3 aromatic rings. The van der Waals surface area contributed by atoms with Crippen LogP contribution in [0.5, 0.6) is 5.75 Å². The molecule has 1 heterocycles. The Labute approximate surface area is 186 Å². The van der Waals surface area contributed by atoms with Gasteiger partial charge in [-0.05, 0) is 53.9 Å². The van der Waals surface area contributed by atoms with Crippen molar-refractivity contribution >= 4 is 28.8 Å². The lowest BCUT2D eigenvalue weighted by atomic mass is 10.0. The van der Waals surface area contributed by atoms with Crippen LogP contribution in [0.25, 0.3) is 5.57 Å². The first-order valence-electron chi connectivity index (χ1n) is 10.4. The molecule has 0 atom stereocenters. The Kier molecular flexibility index (Phi) is 6.03.